The number of benzene rings is 2. The Bertz CT molecular complexity index is 1140. The Balaban J connectivity index is 2.05. The average molecular weight is 376 g/mol. The summed E-state index contributed by atoms with van der Waals surface area (Å²) in [4.78, 5) is 12.3. The van der Waals surface area contributed by atoms with Gasteiger partial charge >= 0.3 is 5.63 Å². The van der Waals surface area contributed by atoms with Gasteiger partial charge in [0, 0.05) is 24.4 Å². The molecule has 3 aromatic rings. The third-order valence-electron chi connectivity index (χ3n) is 4.15. The average Bonchev–Trinajstić information content (AvgIpc) is 2.61. The third-order valence-corrected chi connectivity index (χ3v) is 5.18. The van der Waals surface area contributed by atoms with Crippen molar-refractivity contribution in [3.63, 3.8) is 0 Å². The van der Waals surface area contributed by atoms with Crippen molar-refractivity contribution in [3.8, 4) is 0 Å². The van der Waals surface area contributed by atoms with E-state index in [-0.39, 0.29) is 17.7 Å². The molecule has 6 nitrogen and oxygen atoms in total. The van der Waals surface area contributed by atoms with Gasteiger partial charge < -0.3 is 4.42 Å². The van der Waals surface area contributed by atoms with Crippen LogP contribution in [0.1, 0.15) is 16.7 Å². The van der Waals surface area contributed by atoms with Crippen LogP contribution in [-0.4, -0.2) is 15.5 Å². The summed E-state index contributed by atoms with van der Waals surface area (Å²) in [5, 5.41) is 0.773. The minimum atomic E-state index is -3.85. The molecule has 26 heavy (non-hydrogen) atoms. The lowest BCUT2D eigenvalue weighted by Gasteiger charge is -2.12. The van der Waals surface area contributed by atoms with Crippen molar-refractivity contribution >= 4 is 26.9 Å². The maximum absolute atomic E-state index is 14.7. The van der Waals surface area contributed by atoms with E-state index in [9.17, 15) is 17.6 Å². The van der Waals surface area contributed by atoms with E-state index in [0.717, 1.165) is 5.39 Å². The molecular formula is C18H17FN2O4S. The van der Waals surface area contributed by atoms with Crippen molar-refractivity contribution in [3.05, 3.63) is 75.4 Å². The molecular weight excluding hydrogens is 359 g/mol. The summed E-state index contributed by atoms with van der Waals surface area (Å²) < 4.78 is 47.4. The number of aryl methyl sites for hydroxylation is 1. The van der Waals surface area contributed by atoms with E-state index in [4.69, 9.17) is 4.42 Å². The number of rotatable bonds is 5. The molecule has 2 aromatic carbocycles. The van der Waals surface area contributed by atoms with E-state index < -0.39 is 21.7 Å². The second-order valence-corrected chi connectivity index (χ2v) is 7.37. The maximum Gasteiger partial charge on any atom is 0.340 e. The summed E-state index contributed by atoms with van der Waals surface area (Å²) >= 11 is 0. The lowest BCUT2D eigenvalue weighted by molar-refractivity contribution is 0.549. The molecule has 0 aliphatic rings. The molecule has 3 rings (SSSR count). The monoisotopic (exact) mass is 376 g/mol. The zero-order chi connectivity index (χ0) is 18.9. The van der Waals surface area contributed by atoms with Gasteiger partial charge in [0.2, 0.25) is 0 Å². The Morgan fingerprint density at radius 1 is 1.12 bits per heavy atom. The number of nitrogens with one attached hydrogen (secondary N) is 2. The quantitative estimate of drug-likeness (QED) is 0.670. The van der Waals surface area contributed by atoms with Crippen molar-refractivity contribution in [1.82, 2.24) is 4.72 Å². The molecule has 0 unspecified atom stereocenters. The molecule has 0 spiro atoms. The Kier molecular flexibility index (Phi) is 4.80. The summed E-state index contributed by atoms with van der Waals surface area (Å²) in [6.45, 7) is 1.78. The highest BCUT2D eigenvalue weighted by Crippen LogP contribution is 2.24. The molecule has 0 amide bonds. The van der Waals surface area contributed by atoms with Crippen LogP contribution in [0.15, 0.2) is 51.7 Å². The summed E-state index contributed by atoms with van der Waals surface area (Å²) in [5.74, 6) is -0.738. The number of para-hydroxylation sites is 1. The first-order valence-corrected chi connectivity index (χ1v) is 9.30. The van der Waals surface area contributed by atoms with Crippen LogP contribution in [0.3, 0.4) is 0 Å². The van der Waals surface area contributed by atoms with Gasteiger partial charge in [-0.15, -0.1) is 0 Å². The first-order valence-electron chi connectivity index (χ1n) is 7.82. The van der Waals surface area contributed by atoms with Gasteiger partial charge in [0.15, 0.2) is 5.82 Å². The molecule has 0 atom stereocenters. The van der Waals surface area contributed by atoms with Gasteiger partial charge in [0.05, 0.1) is 5.69 Å². The van der Waals surface area contributed by atoms with Gasteiger partial charge in [-0.3, -0.25) is 4.72 Å². The highest BCUT2D eigenvalue weighted by atomic mass is 32.2. The van der Waals surface area contributed by atoms with E-state index in [1.807, 2.05) is 12.1 Å². The SMILES string of the molecule is CNS(=O)(=O)Nc1cccc(Cc2c(C)c3ccccc3oc2=O)c1F. The van der Waals surface area contributed by atoms with E-state index in [1.165, 1.54) is 25.2 Å². The van der Waals surface area contributed by atoms with Gasteiger partial charge in [0.1, 0.15) is 5.58 Å². The number of fused-ring (bicyclic) bond motifs is 1. The fourth-order valence-corrected chi connectivity index (χ4v) is 3.28. The zero-order valence-electron chi connectivity index (χ0n) is 14.2. The summed E-state index contributed by atoms with van der Waals surface area (Å²) in [5.41, 5.74) is 0.955. The van der Waals surface area contributed by atoms with Crippen molar-refractivity contribution < 1.29 is 17.2 Å². The first-order chi connectivity index (χ1) is 12.3. The number of hydrogen-bond acceptors (Lipinski definition) is 4. The Labute approximate surface area is 149 Å². The number of anilines is 1. The van der Waals surface area contributed by atoms with Crippen LogP contribution in [0.5, 0.6) is 0 Å². The number of hydrogen-bond donors (Lipinski definition) is 2. The van der Waals surface area contributed by atoms with Crippen molar-refractivity contribution in [1.29, 1.82) is 0 Å². The second-order valence-electron chi connectivity index (χ2n) is 5.75. The van der Waals surface area contributed by atoms with Crippen molar-refractivity contribution in [2.75, 3.05) is 11.8 Å². The molecule has 0 saturated carbocycles. The second kappa shape index (κ2) is 6.89. The first kappa shape index (κ1) is 18.1. The predicted molar refractivity (Wildman–Crippen MR) is 98.0 cm³/mol. The lowest BCUT2D eigenvalue weighted by Crippen LogP contribution is -2.27. The minimum absolute atomic E-state index is 0.0139. The fraction of sp³-hybridized carbons (Fsp3) is 0.167. The molecule has 136 valence electrons. The maximum atomic E-state index is 14.7. The van der Waals surface area contributed by atoms with E-state index >= 15 is 0 Å². The Morgan fingerprint density at radius 2 is 1.85 bits per heavy atom. The highest BCUT2D eigenvalue weighted by molar-refractivity contribution is 7.90. The van der Waals surface area contributed by atoms with E-state index in [2.05, 4.69) is 9.44 Å². The van der Waals surface area contributed by atoms with Gasteiger partial charge in [-0.1, -0.05) is 30.3 Å². The molecule has 0 saturated heterocycles. The zero-order valence-corrected chi connectivity index (χ0v) is 15.0. The Hall–Kier alpha value is -2.71. The van der Waals surface area contributed by atoms with Crippen molar-refractivity contribution in [2.45, 2.75) is 13.3 Å². The number of halogens is 1. The Morgan fingerprint density at radius 3 is 2.58 bits per heavy atom. The molecule has 0 aliphatic heterocycles. The van der Waals surface area contributed by atoms with Crippen LogP contribution >= 0.6 is 0 Å². The summed E-state index contributed by atoms with van der Waals surface area (Å²) in [7, 11) is -2.63. The largest absolute Gasteiger partial charge is 0.423 e. The standard InChI is InChI=1S/C18H17FN2O4S/c1-11-13-7-3-4-9-16(13)25-18(22)14(11)10-12-6-5-8-15(17(12)19)21-26(23,24)20-2/h3-9,20-21H,10H2,1-2H3. The van der Waals surface area contributed by atoms with Gasteiger partial charge in [0.25, 0.3) is 10.2 Å². The smallest absolute Gasteiger partial charge is 0.340 e. The van der Waals surface area contributed by atoms with Crippen LogP contribution < -0.4 is 15.1 Å². The third kappa shape index (κ3) is 3.47. The normalized spacial score (nSPS) is 11.7. The van der Waals surface area contributed by atoms with Crippen LogP contribution in [0, 0.1) is 12.7 Å². The fourth-order valence-electron chi connectivity index (χ4n) is 2.73. The van der Waals surface area contributed by atoms with Gasteiger partial charge in [-0.05, 0) is 30.2 Å². The molecule has 1 heterocycles. The molecule has 0 radical (unpaired) electrons. The van der Waals surface area contributed by atoms with E-state index in [1.54, 1.807) is 19.1 Å². The molecule has 1 aromatic heterocycles. The minimum Gasteiger partial charge on any atom is -0.423 e. The molecule has 0 bridgehead atoms. The predicted octanol–water partition coefficient (Wildman–Crippen LogP) is 2.71. The topological polar surface area (TPSA) is 88.4 Å². The molecule has 0 aliphatic carbocycles. The highest BCUT2D eigenvalue weighted by Gasteiger charge is 2.17. The van der Waals surface area contributed by atoms with Gasteiger partial charge in [-0.25, -0.2) is 13.9 Å². The van der Waals surface area contributed by atoms with Crippen molar-refractivity contribution in [2.24, 2.45) is 0 Å². The van der Waals surface area contributed by atoms with E-state index in [0.29, 0.717) is 16.7 Å². The molecule has 0 fully saturated rings. The molecule has 8 heteroatoms. The summed E-state index contributed by atoms with van der Waals surface area (Å²) in [6, 6.07) is 11.4. The summed E-state index contributed by atoms with van der Waals surface area (Å²) in [6.07, 6.45) is -0.0139. The van der Waals surface area contributed by atoms with Crippen LogP contribution in [0.4, 0.5) is 10.1 Å². The van der Waals surface area contributed by atoms with Crippen LogP contribution in [0.25, 0.3) is 11.0 Å². The van der Waals surface area contributed by atoms with Crippen LogP contribution in [0.2, 0.25) is 0 Å². The van der Waals surface area contributed by atoms with Crippen LogP contribution in [-0.2, 0) is 16.6 Å². The molecule has 2 N–H and O–H groups in total. The lowest BCUT2D eigenvalue weighted by atomic mass is 9.99. The van der Waals surface area contributed by atoms with Gasteiger partial charge in [-0.2, -0.15) is 8.42 Å².